The second-order valence-corrected chi connectivity index (χ2v) is 10.9. The van der Waals surface area contributed by atoms with Crippen molar-refractivity contribution in [2.75, 3.05) is 17.1 Å². The number of anilines is 1. The third-order valence-corrected chi connectivity index (χ3v) is 6.85. The number of rotatable bonds is 9. The highest BCUT2D eigenvalue weighted by molar-refractivity contribution is 7.92. The van der Waals surface area contributed by atoms with E-state index in [-0.39, 0.29) is 34.2 Å². The van der Waals surface area contributed by atoms with Gasteiger partial charge in [0.25, 0.3) is 0 Å². The van der Waals surface area contributed by atoms with Gasteiger partial charge in [0.2, 0.25) is 21.8 Å². The first-order valence-electron chi connectivity index (χ1n) is 10.4. The van der Waals surface area contributed by atoms with E-state index in [0.717, 1.165) is 21.7 Å². The maximum absolute atomic E-state index is 13.5. The van der Waals surface area contributed by atoms with Crippen LogP contribution in [0.2, 0.25) is 10.0 Å². The summed E-state index contributed by atoms with van der Waals surface area (Å²) in [6, 6.07) is 11.1. The summed E-state index contributed by atoms with van der Waals surface area (Å²) in [5, 5.41) is 2.99. The molecule has 1 N–H and O–H groups in total. The Morgan fingerprint density at radius 2 is 1.70 bits per heavy atom. The Balaban J connectivity index is 2.44. The monoisotopic (exact) mass is 513 g/mol. The predicted octanol–water partition coefficient (Wildman–Crippen LogP) is 4.01. The molecule has 0 aliphatic rings. The largest absolute Gasteiger partial charge is 0.352 e. The Morgan fingerprint density at radius 1 is 1.06 bits per heavy atom. The van der Waals surface area contributed by atoms with Crippen LogP contribution >= 0.6 is 23.2 Å². The zero-order valence-electron chi connectivity index (χ0n) is 19.3. The summed E-state index contributed by atoms with van der Waals surface area (Å²) in [6.07, 6.45) is 0.983. The Morgan fingerprint density at radius 3 is 2.27 bits per heavy atom. The minimum absolute atomic E-state index is 0.0215. The number of hydrogen-bond acceptors (Lipinski definition) is 4. The predicted molar refractivity (Wildman–Crippen MR) is 133 cm³/mol. The van der Waals surface area contributed by atoms with Crippen LogP contribution in [0.15, 0.2) is 42.5 Å². The second-order valence-electron chi connectivity index (χ2n) is 8.19. The molecule has 0 aliphatic heterocycles. The van der Waals surface area contributed by atoms with Crippen LogP contribution in [0.5, 0.6) is 0 Å². The molecule has 180 valence electrons. The van der Waals surface area contributed by atoms with Gasteiger partial charge < -0.3 is 10.2 Å². The van der Waals surface area contributed by atoms with Gasteiger partial charge in [0.05, 0.1) is 22.0 Å². The summed E-state index contributed by atoms with van der Waals surface area (Å²) in [6.45, 7) is 6.78. The molecule has 0 aromatic heterocycles. The molecule has 2 amide bonds. The Labute approximate surface area is 205 Å². The Hall–Kier alpha value is -2.29. The van der Waals surface area contributed by atoms with Crippen LogP contribution in [-0.4, -0.2) is 50.0 Å². The van der Waals surface area contributed by atoms with E-state index in [9.17, 15) is 18.0 Å². The van der Waals surface area contributed by atoms with E-state index in [0.29, 0.717) is 0 Å². The lowest BCUT2D eigenvalue weighted by Gasteiger charge is -2.32. The van der Waals surface area contributed by atoms with Gasteiger partial charge in [-0.3, -0.25) is 13.9 Å². The van der Waals surface area contributed by atoms with Crippen molar-refractivity contribution in [3.8, 4) is 0 Å². The maximum atomic E-state index is 13.5. The Bertz CT molecular complexity index is 1120. The van der Waals surface area contributed by atoms with Gasteiger partial charge in [0, 0.05) is 12.6 Å². The number of amides is 2. The molecule has 0 heterocycles. The number of benzene rings is 2. The third kappa shape index (κ3) is 7.35. The zero-order valence-corrected chi connectivity index (χ0v) is 21.6. The smallest absolute Gasteiger partial charge is 0.244 e. The second kappa shape index (κ2) is 11.2. The first kappa shape index (κ1) is 27.0. The lowest BCUT2D eigenvalue weighted by Crippen LogP contribution is -2.52. The van der Waals surface area contributed by atoms with Crippen LogP contribution in [0.4, 0.5) is 5.69 Å². The molecule has 7 nitrogen and oxygen atoms in total. The van der Waals surface area contributed by atoms with Gasteiger partial charge in [0.15, 0.2) is 0 Å². The van der Waals surface area contributed by atoms with Gasteiger partial charge in [0.1, 0.15) is 12.6 Å². The summed E-state index contributed by atoms with van der Waals surface area (Å²) >= 11 is 12.3. The molecular weight excluding hydrogens is 485 g/mol. The lowest BCUT2D eigenvalue weighted by molar-refractivity contribution is -0.139. The lowest BCUT2D eigenvalue weighted by atomic mass is 10.1. The molecule has 0 fully saturated rings. The summed E-state index contributed by atoms with van der Waals surface area (Å²) in [5.74, 6) is -0.887. The van der Waals surface area contributed by atoms with Crippen molar-refractivity contribution in [3.63, 3.8) is 0 Å². The number of carbonyl (C=O) groups is 2. The number of hydrogen-bond donors (Lipinski definition) is 1. The highest BCUT2D eigenvalue weighted by Gasteiger charge is 2.31. The van der Waals surface area contributed by atoms with E-state index in [1.807, 2.05) is 45.0 Å². The van der Waals surface area contributed by atoms with Crippen LogP contribution in [-0.2, 0) is 26.2 Å². The normalized spacial score (nSPS) is 12.4. The fraction of sp³-hybridized carbons (Fsp3) is 0.391. The van der Waals surface area contributed by atoms with Crippen LogP contribution in [0, 0.1) is 6.92 Å². The molecule has 0 aliphatic carbocycles. The molecule has 0 radical (unpaired) electrons. The van der Waals surface area contributed by atoms with Crippen LogP contribution in [0.25, 0.3) is 0 Å². The van der Waals surface area contributed by atoms with E-state index < -0.39 is 28.5 Å². The fourth-order valence-electron chi connectivity index (χ4n) is 3.27. The van der Waals surface area contributed by atoms with Crippen molar-refractivity contribution < 1.29 is 18.0 Å². The van der Waals surface area contributed by atoms with Gasteiger partial charge >= 0.3 is 0 Å². The van der Waals surface area contributed by atoms with Crippen LogP contribution < -0.4 is 9.62 Å². The third-order valence-electron chi connectivity index (χ3n) is 4.91. The van der Waals surface area contributed by atoms with Gasteiger partial charge in [-0.1, -0.05) is 59.1 Å². The van der Waals surface area contributed by atoms with Crippen molar-refractivity contribution in [1.29, 1.82) is 0 Å². The van der Waals surface area contributed by atoms with E-state index in [2.05, 4.69) is 5.32 Å². The highest BCUT2D eigenvalue weighted by Crippen LogP contribution is 2.33. The molecule has 1 atom stereocenters. The summed E-state index contributed by atoms with van der Waals surface area (Å²) in [7, 11) is -3.89. The summed E-state index contributed by atoms with van der Waals surface area (Å²) in [5.41, 5.74) is 1.91. The summed E-state index contributed by atoms with van der Waals surface area (Å²) in [4.78, 5) is 27.6. The van der Waals surface area contributed by atoms with Crippen molar-refractivity contribution in [1.82, 2.24) is 10.2 Å². The number of halogens is 2. The molecule has 2 aromatic carbocycles. The molecule has 2 aromatic rings. The van der Waals surface area contributed by atoms with Crippen LogP contribution in [0.3, 0.4) is 0 Å². The zero-order chi connectivity index (χ0) is 24.9. The molecule has 0 bridgehead atoms. The van der Waals surface area contributed by atoms with E-state index >= 15 is 0 Å². The SMILES string of the molecule is Cc1cccc(CN(C(=O)CN(c2cccc(Cl)c2Cl)S(C)(=O)=O)C(C)C(=O)NC(C)C)c1. The number of nitrogens with zero attached hydrogens (tertiary/aromatic N) is 2. The first-order chi connectivity index (χ1) is 15.3. The van der Waals surface area contributed by atoms with Gasteiger partial charge in [-0.05, 0) is 45.4 Å². The van der Waals surface area contributed by atoms with Gasteiger partial charge in [-0.15, -0.1) is 0 Å². The molecule has 2 rings (SSSR count). The minimum atomic E-state index is -3.89. The number of carbonyl (C=O) groups excluding carboxylic acids is 2. The number of sulfonamides is 1. The first-order valence-corrected chi connectivity index (χ1v) is 13.0. The molecule has 0 saturated heterocycles. The number of aryl methyl sites for hydroxylation is 1. The number of nitrogens with one attached hydrogen (secondary N) is 1. The molecule has 10 heteroatoms. The standard InChI is InChI=1S/C23H29Cl2N3O4S/c1-15(2)26-23(30)17(4)27(13-18-9-6-8-16(3)12-18)21(29)14-28(33(5,31)32)20-11-7-10-19(24)22(20)25/h6-12,15,17H,13-14H2,1-5H3,(H,26,30). The van der Waals surface area contributed by atoms with Crippen molar-refractivity contribution in [2.45, 2.75) is 46.3 Å². The average molecular weight is 514 g/mol. The molecule has 1 unspecified atom stereocenters. The Kier molecular flexibility index (Phi) is 9.17. The highest BCUT2D eigenvalue weighted by atomic mass is 35.5. The van der Waals surface area contributed by atoms with Gasteiger partial charge in [-0.25, -0.2) is 8.42 Å². The van der Waals surface area contributed by atoms with E-state index in [4.69, 9.17) is 23.2 Å². The molecule has 0 spiro atoms. The van der Waals surface area contributed by atoms with Crippen LogP contribution in [0.1, 0.15) is 31.9 Å². The van der Waals surface area contributed by atoms with Crippen molar-refractivity contribution in [3.05, 3.63) is 63.6 Å². The molecule has 33 heavy (non-hydrogen) atoms. The fourth-order valence-corrected chi connectivity index (χ4v) is 4.58. The van der Waals surface area contributed by atoms with E-state index in [1.165, 1.54) is 17.0 Å². The molecular formula is C23H29Cl2N3O4S. The quantitative estimate of drug-likeness (QED) is 0.548. The minimum Gasteiger partial charge on any atom is -0.352 e. The molecule has 0 saturated carbocycles. The van der Waals surface area contributed by atoms with Crippen molar-refractivity contribution in [2.24, 2.45) is 0 Å². The topological polar surface area (TPSA) is 86.8 Å². The summed E-state index contributed by atoms with van der Waals surface area (Å²) < 4.78 is 26.1. The van der Waals surface area contributed by atoms with Gasteiger partial charge in [-0.2, -0.15) is 0 Å². The van der Waals surface area contributed by atoms with Crippen molar-refractivity contribution >= 4 is 50.7 Å². The maximum Gasteiger partial charge on any atom is 0.244 e. The average Bonchev–Trinajstić information content (AvgIpc) is 2.70. The van der Waals surface area contributed by atoms with E-state index in [1.54, 1.807) is 13.0 Å².